The van der Waals surface area contributed by atoms with Gasteiger partial charge >= 0.3 is 28.5 Å². The zero-order valence-electron chi connectivity index (χ0n) is 17.7. The Morgan fingerprint density at radius 3 is 2.25 bits per heavy atom. The fourth-order valence-corrected chi connectivity index (χ4v) is 3.46. The first kappa shape index (κ1) is 28.7. The minimum absolute atomic E-state index is 0.0267. The van der Waals surface area contributed by atoms with E-state index in [0.717, 1.165) is 0 Å². The molecule has 1 aliphatic heterocycles. The molecule has 1 aliphatic rings. The number of esters is 1. The van der Waals surface area contributed by atoms with E-state index in [1.807, 2.05) is 0 Å². The van der Waals surface area contributed by atoms with Crippen molar-refractivity contribution in [3.05, 3.63) is 38.9 Å². The molecule has 0 unspecified atom stereocenters. The third kappa shape index (κ3) is 7.49. The number of rotatable bonds is 9. The Hall–Kier alpha value is -3.51. The van der Waals surface area contributed by atoms with Crippen molar-refractivity contribution in [1.82, 2.24) is 0 Å². The van der Waals surface area contributed by atoms with Gasteiger partial charge in [0.25, 0.3) is 5.09 Å². The molecule has 10 nitrogen and oxygen atoms in total. The summed E-state index contributed by atoms with van der Waals surface area (Å²) in [7, 11) is -10.3. The van der Waals surface area contributed by atoms with Crippen LogP contribution in [0.5, 0.6) is 5.75 Å². The van der Waals surface area contributed by atoms with Gasteiger partial charge in [-0.3, -0.25) is 0 Å². The van der Waals surface area contributed by atoms with Gasteiger partial charge in [-0.1, -0.05) is 26.4 Å². The Morgan fingerprint density at radius 1 is 1.08 bits per heavy atom. The highest BCUT2D eigenvalue weighted by Gasteiger charge is 2.66. The second-order valence-electron chi connectivity index (χ2n) is 6.81. The maximum Gasteiger partial charge on any atom is 0.511 e. The lowest BCUT2D eigenvalue weighted by Crippen LogP contribution is -2.41. The van der Waals surface area contributed by atoms with Crippen LogP contribution in [0, 0.1) is 10.1 Å². The van der Waals surface area contributed by atoms with E-state index in [2.05, 4.69) is 19.0 Å². The molecular weight excluding hydrogens is 546 g/mol. The number of hydrogen-bond donors (Lipinski definition) is 0. The number of aryl methyl sites for hydroxylation is 1. The molecule has 0 aromatic heterocycles. The van der Waals surface area contributed by atoms with Gasteiger partial charge in [-0.2, -0.15) is 13.2 Å². The van der Waals surface area contributed by atoms with Crippen molar-refractivity contribution < 1.29 is 71.1 Å². The second kappa shape index (κ2) is 9.17. The number of alkyl halides is 3. The van der Waals surface area contributed by atoms with Crippen LogP contribution in [0.1, 0.15) is 18.1 Å². The summed E-state index contributed by atoms with van der Waals surface area (Å²) in [5.41, 5.74) is -2.94. The van der Waals surface area contributed by atoms with E-state index in [-0.39, 0.29) is 18.2 Å². The molecule has 204 valence electrons. The SMILES string of the molecule is CCc1cc(S(F)(F)(F)(F)F)cc2c1O[C@H](C(F)(F)F)C(C(=O)OCOC(=O)OCCO[N+](=O)[O-])=C2. The lowest BCUT2D eigenvalue weighted by molar-refractivity contribution is -0.757. The van der Waals surface area contributed by atoms with Crippen LogP contribution < -0.4 is 4.74 Å². The molecule has 19 heteroatoms. The average molecular weight is 561 g/mol. The Bertz CT molecular complexity index is 1090. The van der Waals surface area contributed by atoms with Gasteiger partial charge < -0.3 is 23.8 Å². The van der Waals surface area contributed by atoms with Crippen LogP contribution in [0.4, 0.5) is 37.4 Å². The van der Waals surface area contributed by atoms with Crippen molar-refractivity contribution in [2.45, 2.75) is 30.5 Å². The average Bonchev–Trinajstić information content (AvgIpc) is 2.72. The highest BCUT2D eigenvalue weighted by atomic mass is 32.5. The summed E-state index contributed by atoms with van der Waals surface area (Å²) < 4.78 is 125. The van der Waals surface area contributed by atoms with E-state index < -0.39 is 93.5 Å². The van der Waals surface area contributed by atoms with Crippen molar-refractivity contribution in [3.63, 3.8) is 0 Å². The monoisotopic (exact) mass is 561 g/mol. The van der Waals surface area contributed by atoms with Crippen LogP contribution in [-0.4, -0.2) is 49.5 Å². The normalized spacial score (nSPS) is 17.4. The van der Waals surface area contributed by atoms with Crippen LogP contribution >= 0.6 is 10.2 Å². The summed E-state index contributed by atoms with van der Waals surface area (Å²) in [5.74, 6) is -2.66. The molecular formula is C17H15F8NO9S. The van der Waals surface area contributed by atoms with E-state index in [0.29, 0.717) is 0 Å². The minimum Gasteiger partial charge on any atom is -0.475 e. The molecule has 2 rings (SSSR count). The van der Waals surface area contributed by atoms with Gasteiger partial charge in [-0.15, -0.1) is 10.1 Å². The highest BCUT2D eigenvalue weighted by Crippen LogP contribution is 3.02. The molecule has 1 heterocycles. The summed E-state index contributed by atoms with van der Waals surface area (Å²) in [5, 5.41) is 8.72. The first-order chi connectivity index (χ1) is 16.2. The second-order valence-corrected chi connectivity index (χ2v) is 9.22. The molecule has 0 spiro atoms. The van der Waals surface area contributed by atoms with Gasteiger partial charge in [0, 0.05) is 5.56 Å². The van der Waals surface area contributed by atoms with Crippen LogP contribution in [0.3, 0.4) is 0 Å². The van der Waals surface area contributed by atoms with Crippen molar-refractivity contribution in [3.8, 4) is 5.75 Å². The number of halogens is 8. The maximum absolute atomic E-state index is 13.5. The van der Waals surface area contributed by atoms with E-state index in [1.165, 1.54) is 6.92 Å². The summed E-state index contributed by atoms with van der Waals surface area (Å²) in [6.45, 7) is -1.55. The summed E-state index contributed by atoms with van der Waals surface area (Å²) in [6.07, 6.45) is -10.1. The van der Waals surface area contributed by atoms with E-state index >= 15 is 0 Å². The molecule has 1 aromatic carbocycles. The zero-order chi connectivity index (χ0) is 27.6. The van der Waals surface area contributed by atoms with Crippen LogP contribution in [-0.2, 0) is 30.3 Å². The number of fused-ring (bicyclic) bond motifs is 1. The smallest absolute Gasteiger partial charge is 0.475 e. The number of ether oxygens (including phenoxy) is 4. The zero-order valence-corrected chi connectivity index (χ0v) is 18.5. The molecule has 0 bridgehead atoms. The lowest BCUT2D eigenvalue weighted by Gasteiger charge is -2.41. The molecule has 36 heavy (non-hydrogen) atoms. The van der Waals surface area contributed by atoms with E-state index in [9.17, 15) is 52.3 Å². The van der Waals surface area contributed by atoms with Gasteiger partial charge in [-0.25, -0.2) is 9.59 Å². The van der Waals surface area contributed by atoms with Crippen LogP contribution in [0.25, 0.3) is 6.08 Å². The largest absolute Gasteiger partial charge is 0.511 e. The highest BCUT2D eigenvalue weighted by molar-refractivity contribution is 8.45. The first-order valence-corrected chi connectivity index (χ1v) is 11.3. The maximum atomic E-state index is 13.5. The van der Waals surface area contributed by atoms with Crippen molar-refractivity contribution in [2.24, 2.45) is 0 Å². The van der Waals surface area contributed by atoms with Crippen molar-refractivity contribution in [1.29, 1.82) is 0 Å². The Balaban J connectivity index is 2.28. The van der Waals surface area contributed by atoms with Gasteiger partial charge in [0.2, 0.25) is 12.9 Å². The topological polar surface area (TPSA) is 123 Å². The quantitative estimate of drug-likeness (QED) is 0.0964. The molecule has 0 saturated carbocycles. The Kier molecular flexibility index (Phi) is 7.32. The van der Waals surface area contributed by atoms with Crippen molar-refractivity contribution >= 4 is 28.4 Å². The number of carbonyl (C=O) groups is 2. The Morgan fingerprint density at radius 2 is 1.72 bits per heavy atom. The first-order valence-electron chi connectivity index (χ1n) is 9.33. The summed E-state index contributed by atoms with van der Waals surface area (Å²) in [6, 6.07) is -0.183. The van der Waals surface area contributed by atoms with Crippen LogP contribution in [0.15, 0.2) is 22.6 Å². The predicted molar refractivity (Wildman–Crippen MR) is 102 cm³/mol. The van der Waals surface area contributed by atoms with Gasteiger partial charge in [0.05, 0.1) is 5.57 Å². The lowest BCUT2D eigenvalue weighted by atomic mass is 9.98. The fourth-order valence-electron chi connectivity index (χ4n) is 2.75. The molecule has 1 aromatic rings. The van der Waals surface area contributed by atoms with E-state index in [1.54, 1.807) is 0 Å². The molecule has 0 amide bonds. The van der Waals surface area contributed by atoms with Gasteiger partial charge in [0.1, 0.15) is 23.9 Å². The molecule has 0 aliphatic carbocycles. The molecule has 1 atom stereocenters. The number of nitrogens with zero attached hydrogens (tertiary/aromatic N) is 1. The molecule has 0 radical (unpaired) electrons. The van der Waals surface area contributed by atoms with E-state index in [4.69, 9.17) is 4.74 Å². The third-order valence-corrected chi connectivity index (χ3v) is 5.35. The summed E-state index contributed by atoms with van der Waals surface area (Å²) >= 11 is 0. The van der Waals surface area contributed by atoms with Crippen molar-refractivity contribution in [2.75, 3.05) is 20.0 Å². The number of benzene rings is 1. The fraction of sp³-hybridized carbons (Fsp3) is 0.412. The predicted octanol–water partition coefficient (Wildman–Crippen LogP) is 5.48. The molecule has 0 N–H and O–H groups in total. The molecule has 0 saturated heterocycles. The third-order valence-electron chi connectivity index (χ3n) is 4.22. The van der Waals surface area contributed by atoms with Gasteiger partial charge in [0.15, 0.2) is 0 Å². The number of hydrogen-bond acceptors (Lipinski definition) is 9. The number of carbonyl (C=O) groups excluding carboxylic acids is 2. The minimum atomic E-state index is -10.3. The van der Waals surface area contributed by atoms with Gasteiger partial charge in [-0.05, 0) is 30.2 Å². The standard InChI is InChI=1S/C17H15F8NO9S/c1-2-9-5-11(36(21,22,23,24)25)6-10-7-12(14(17(18,19)20)35-13(9)10)15(27)32-8-33-16(28)31-3-4-34-26(29)30/h5-7,14H,2-4,8H2,1H3/t14-/m0/s1. The molecule has 0 fully saturated rings. The Labute approximate surface area is 195 Å². The van der Waals surface area contributed by atoms with Crippen LogP contribution in [0.2, 0.25) is 0 Å². The summed E-state index contributed by atoms with van der Waals surface area (Å²) in [4.78, 5) is 34.7.